The van der Waals surface area contributed by atoms with Gasteiger partial charge in [-0.25, -0.2) is 0 Å². The van der Waals surface area contributed by atoms with Crippen LogP contribution in [0.4, 0.5) is 0 Å². The third kappa shape index (κ3) is 3.93. The van der Waals surface area contributed by atoms with E-state index in [0.717, 1.165) is 12.8 Å². The van der Waals surface area contributed by atoms with Gasteiger partial charge in [0.25, 0.3) is 0 Å². The Balaban J connectivity index is 2.34. The fourth-order valence-electron chi connectivity index (χ4n) is 2.14. The molecule has 1 aliphatic carbocycles. The number of carbonyl (C=O) groups excluding carboxylic acids is 1. The summed E-state index contributed by atoms with van der Waals surface area (Å²) in [5, 5.41) is 3.04. The van der Waals surface area contributed by atoms with Crippen molar-refractivity contribution in [1.29, 1.82) is 0 Å². The van der Waals surface area contributed by atoms with Gasteiger partial charge in [-0.2, -0.15) is 0 Å². The minimum absolute atomic E-state index is 0.0679. The molecule has 0 radical (unpaired) electrons. The molecule has 0 saturated heterocycles. The van der Waals surface area contributed by atoms with Gasteiger partial charge in [-0.15, -0.1) is 12.3 Å². The van der Waals surface area contributed by atoms with Crippen LogP contribution in [0.15, 0.2) is 0 Å². The number of nitrogens with one attached hydrogen (secondary N) is 1. The van der Waals surface area contributed by atoms with E-state index in [1.54, 1.807) is 0 Å². The number of amides is 1. The lowest BCUT2D eigenvalue weighted by molar-refractivity contribution is -0.122. The summed E-state index contributed by atoms with van der Waals surface area (Å²) >= 11 is 0. The molecule has 0 heterocycles. The van der Waals surface area contributed by atoms with Crippen LogP contribution in [0, 0.1) is 18.3 Å². The van der Waals surface area contributed by atoms with Crippen molar-refractivity contribution < 1.29 is 4.79 Å². The number of nitrogens with two attached hydrogens (primary N) is 1. The van der Waals surface area contributed by atoms with Gasteiger partial charge >= 0.3 is 0 Å². The Morgan fingerprint density at radius 1 is 1.47 bits per heavy atom. The number of terminal acetylenes is 1. The zero-order valence-electron chi connectivity index (χ0n) is 9.17. The van der Waals surface area contributed by atoms with Crippen molar-refractivity contribution in [1.82, 2.24) is 5.32 Å². The van der Waals surface area contributed by atoms with Crippen LogP contribution >= 0.6 is 0 Å². The van der Waals surface area contributed by atoms with E-state index in [2.05, 4.69) is 11.2 Å². The second-order valence-corrected chi connectivity index (χ2v) is 4.16. The van der Waals surface area contributed by atoms with Gasteiger partial charge in [-0.3, -0.25) is 4.79 Å². The predicted molar refractivity (Wildman–Crippen MR) is 61.0 cm³/mol. The van der Waals surface area contributed by atoms with E-state index in [1.807, 2.05) is 0 Å². The number of hydrogen-bond acceptors (Lipinski definition) is 2. The molecule has 2 unspecified atom stereocenters. The second-order valence-electron chi connectivity index (χ2n) is 4.16. The molecule has 1 aliphatic rings. The Morgan fingerprint density at radius 3 is 2.87 bits per heavy atom. The summed E-state index contributed by atoms with van der Waals surface area (Å²) in [6, 6.07) is 0.272. The summed E-state index contributed by atoms with van der Waals surface area (Å²) in [6.07, 6.45) is 10.7. The Labute approximate surface area is 91.8 Å². The summed E-state index contributed by atoms with van der Waals surface area (Å²) in [5.74, 6) is 3.00. The molecule has 0 aromatic rings. The molecular weight excluding hydrogens is 188 g/mol. The highest BCUT2D eigenvalue weighted by Crippen LogP contribution is 2.23. The second kappa shape index (κ2) is 6.47. The fraction of sp³-hybridized carbons (Fsp3) is 0.750. The number of hydrogen-bond donors (Lipinski definition) is 2. The fourth-order valence-corrected chi connectivity index (χ4v) is 2.14. The standard InChI is InChI=1S/C12H20N2O/c1-2-3-8-12(15)14-11-7-5-4-6-10(11)9-13/h1,10-11H,3-9,13H2,(H,14,15). The minimum Gasteiger partial charge on any atom is -0.353 e. The van der Waals surface area contributed by atoms with Gasteiger partial charge in [0.15, 0.2) is 0 Å². The van der Waals surface area contributed by atoms with Gasteiger partial charge in [0.1, 0.15) is 0 Å². The van der Waals surface area contributed by atoms with E-state index in [-0.39, 0.29) is 11.9 Å². The average Bonchev–Trinajstić information content (AvgIpc) is 2.27. The first-order valence-corrected chi connectivity index (χ1v) is 5.70. The van der Waals surface area contributed by atoms with Crippen molar-refractivity contribution in [3.8, 4) is 12.3 Å². The molecule has 0 aliphatic heterocycles. The molecule has 1 rings (SSSR count). The highest BCUT2D eigenvalue weighted by Gasteiger charge is 2.24. The lowest BCUT2D eigenvalue weighted by atomic mass is 9.84. The summed E-state index contributed by atoms with van der Waals surface area (Å²) in [4.78, 5) is 11.5. The van der Waals surface area contributed by atoms with Crippen molar-refractivity contribution >= 4 is 5.91 Å². The molecule has 1 amide bonds. The van der Waals surface area contributed by atoms with E-state index in [9.17, 15) is 4.79 Å². The van der Waals surface area contributed by atoms with Crippen molar-refractivity contribution in [2.45, 2.75) is 44.6 Å². The molecule has 1 fully saturated rings. The van der Waals surface area contributed by atoms with Crippen molar-refractivity contribution in [2.24, 2.45) is 11.7 Å². The minimum atomic E-state index is 0.0679. The van der Waals surface area contributed by atoms with Crippen molar-refractivity contribution in [2.75, 3.05) is 6.54 Å². The molecule has 0 spiro atoms. The van der Waals surface area contributed by atoms with Crippen LogP contribution in [0.3, 0.4) is 0 Å². The lowest BCUT2D eigenvalue weighted by Gasteiger charge is -2.31. The van der Waals surface area contributed by atoms with Crippen LogP contribution in [0.25, 0.3) is 0 Å². The van der Waals surface area contributed by atoms with Gasteiger partial charge in [0.05, 0.1) is 0 Å². The quantitative estimate of drug-likeness (QED) is 0.678. The van der Waals surface area contributed by atoms with E-state index < -0.39 is 0 Å². The van der Waals surface area contributed by atoms with E-state index in [1.165, 1.54) is 12.8 Å². The topological polar surface area (TPSA) is 55.1 Å². The van der Waals surface area contributed by atoms with Gasteiger partial charge in [-0.05, 0) is 25.3 Å². The largest absolute Gasteiger partial charge is 0.353 e. The molecular formula is C12H20N2O. The first-order chi connectivity index (χ1) is 7.27. The SMILES string of the molecule is C#CCCC(=O)NC1CCCCC1CN. The maximum absolute atomic E-state index is 11.5. The summed E-state index contributed by atoms with van der Waals surface area (Å²) in [5.41, 5.74) is 5.69. The van der Waals surface area contributed by atoms with E-state index >= 15 is 0 Å². The Bertz CT molecular complexity index is 244. The predicted octanol–water partition coefficient (Wildman–Crippen LogP) is 1.03. The highest BCUT2D eigenvalue weighted by molar-refractivity contribution is 5.76. The zero-order valence-corrected chi connectivity index (χ0v) is 9.17. The third-order valence-electron chi connectivity index (χ3n) is 3.05. The Kier molecular flexibility index (Phi) is 5.20. The van der Waals surface area contributed by atoms with Crippen LogP contribution < -0.4 is 11.1 Å². The van der Waals surface area contributed by atoms with Gasteiger partial charge in [-0.1, -0.05) is 12.8 Å². The Morgan fingerprint density at radius 2 is 2.20 bits per heavy atom. The zero-order chi connectivity index (χ0) is 11.1. The molecule has 3 heteroatoms. The maximum atomic E-state index is 11.5. The normalized spacial score (nSPS) is 25.6. The molecule has 3 nitrogen and oxygen atoms in total. The maximum Gasteiger partial charge on any atom is 0.221 e. The number of carbonyl (C=O) groups is 1. The monoisotopic (exact) mass is 208 g/mol. The molecule has 15 heavy (non-hydrogen) atoms. The summed E-state index contributed by atoms with van der Waals surface area (Å²) in [7, 11) is 0. The molecule has 84 valence electrons. The van der Waals surface area contributed by atoms with Crippen molar-refractivity contribution in [3.63, 3.8) is 0 Å². The molecule has 0 aromatic heterocycles. The van der Waals surface area contributed by atoms with Crippen LogP contribution in [0.5, 0.6) is 0 Å². The molecule has 0 aromatic carbocycles. The molecule has 0 bridgehead atoms. The average molecular weight is 208 g/mol. The smallest absolute Gasteiger partial charge is 0.221 e. The van der Waals surface area contributed by atoms with E-state index in [0.29, 0.717) is 25.3 Å². The third-order valence-corrected chi connectivity index (χ3v) is 3.05. The van der Waals surface area contributed by atoms with E-state index in [4.69, 9.17) is 12.2 Å². The van der Waals surface area contributed by atoms with Crippen LogP contribution in [-0.2, 0) is 4.79 Å². The van der Waals surface area contributed by atoms with Gasteiger partial charge < -0.3 is 11.1 Å². The first kappa shape index (κ1) is 12.1. The molecule has 2 atom stereocenters. The lowest BCUT2D eigenvalue weighted by Crippen LogP contribution is -2.44. The molecule has 3 N–H and O–H groups in total. The molecule has 1 saturated carbocycles. The van der Waals surface area contributed by atoms with Crippen molar-refractivity contribution in [3.05, 3.63) is 0 Å². The van der Waals surface area contributed by atoms with Crippen LogP contribution in [0.2, 0.25) is 0 Å². The van der Waals surface area contributed by atoms with Gasteiger partial charge in [0, 0.05) is 18.9 Å². The van der Waals surface area contributed by atoms with Crippen LogP contribution in [0.1, 0.15) is 38.5 Å². The van der Waals surface area contributed by atoms with Crippen LogP contribution in [-0.4, -0.2) is 18.5 Å². The van der Waals surface area contributed by atoms with Gasteiger partial charge in [0.2, 0.25) is 5.91 Å². The summed E-state index contributed by atoms with van der Waals surface area (Å²) in [6.45, 7) is 0.667. The highest BCUT2D eigenvalue weighted by atomic mass is 16.1. The Hall–Kier alpha value is -1.01. The number of rotatable bonds is 4. The first-order valence-electron chi connectivity index (χ1n) is 5.70. The summed E-state index contributed by atoms with van der Waals surface area (Å²) < 4.78 is 0.